The number of hydrogen-bond acceptors (Lipinski definition) is 6. The zero-order valence-electron chi connectivity index (χ0n) is 15.3. The highest BCUT2D eigenvalue weighted by molar-refractivity contribution is 5.74. The van der Waals surface area contributed by atoms with Crippen molar-refractivity contribution in [3.05, 3.63) is 30.2 Å². The standard InChI is InChI=1S/C17H20F3N5O3/c1-3-21-16(26)22-11-8-13(25(2)9-11)15-23-14(24-28-15)10-4-6-12(7-5-10)27-17(18,19)20/h4-7,11,13H,3,8-9H2,1-2H3,(H2,21,22,26). The molecule has 1 aromatic heterocycles. The van der Waals surface area contributed by atoms with Crippen LogP contribution in [-0.2, 0) is 0 Å². The Morgan fingerprint density at radius 3 is 2.71 bits per heavy atom. The van der Waals surface area contributed by atoms with Crippen molar-refractivity contribution in [2.45, 2.75) is 31.8 Å². The lowest BCUT2D eigenvalue weighted by molar-refractivity contribution is -0.274. The number of amides is 2. The van der Waals surface area contributed by atoms with E-state index in [0.717, 1.165) is 0 Å². The maximum absolute atomic E-state index is 12.2. The molecule has 3 rings (SSSR count). The second kappa shape index (κ2) is 8.05. The highest BCUT2D eigenvalue weighted by atomic mass is 19.4. The summed E-state index contributed by atoms with van der Waals surface area (Å²) in [6, 6.07) is 4.77. The molecule has 152 valence electrons. The minimum atomic E-state index is -4.74. The monoisotopic (exact) mass is 399 g/mol. The van der Waals surface area contributed by atoms with Gasteiger partial charge in [-0.15, -0.1) is 13.2 Å². The summed E-state index contributed by atoms with van der Waals surface area (Å²) in [5.74, 6) is 0.324. The predicted octanol–water partition coefficient (Wildman–Crippen LogP) is 2.70. The summed E-state index contributed by atoms with van der Waals surface area (Å²) in [5, 5.41) is 9.48. The van der Waals surface area contributed by atoms with Crippen LogP contribution in [-0.4, -0.2) is 53.6 Å². The van der Waals surface area contributed by atoms with E-state index in [2.05, 4.69) is 25.5 Å². The minimum absolute atomic E-state index is 0.0595. The molecule has 8 nitrogen and oxygen atoms in total. The molecule has 2 atom stereocenters. The summed E-state index contributed by atoms with van der Waals surface area (Å²) < 4.78 is 45.9. The van der Waals surface area contributed by atoms with E-state index in [-0.39, 0.29) is 29.7 Å². The van der Waals surface area contributed by atoms with Crippen molar-refractivity contribution in [3.8, 4) is 17.1 Å². The first-order chi connectivity index (χ1) is 13.2. The molecule has 1 saturated heterocycles. The second-order valence-corrected chi connectivity index (χ2v) is 6.42. The van der Waals surface area contributed by atoms with Gasteiger partial charge in [0.05, 0.1) is 6.04 Å². The summed E-state index contributed by atoms with van der Waals surface area (Å²) >= 11 is 0. The molecular weight excluding hydrogens is 379 g/mol. The second-order valence-electron chi connectivity index (χ2n) is 6.42. The maximum Gasteiger partial charge on any atom is 0.573 e. The predicted molar refractivity (Wildman–Crippen MR) is 92.4 cm³/mol. The van der Waals surface area contributed by atoms with Gasteiger partial charge in [-0.25, -0.2) is 4.79 Å². The number of hydrogen-bond donors (Lipinski definition) is 2. The van der Waals surface area contributed by atoms with Crippen LogP contribution in [0.4, 0.5) is 18.0 Å². The number of likely N-dealkylation sites (N-methyl/N-ethyl adjacent to an activating group) is 1. The third-order valence-corrected chi connectivity index (χ3v) is 4.29. The average Bonchev–Trinajstić information content (AvgIpc) is 3.21. The van der Waals surface area contributed by atoms with Crippen LogP contribution in [0.3, 0.4) is 0 Å². The van der Waals surface area contributed by atoms with Crippen LogP contribution in [0.15, 0.2) is 28.8 Å². The lowest BCUT2D eigenvalue weighted by Crippen LogP contribution is -2.42. The Labute approximate surface area is 159 Å². The molecule has 1 aromatic carbocycles. The molecule has 0 saturated carbocycles. The Bertz CT molecular complexity index is 809. The first-order valence-electron chi connectivity index (χ1n) is 8.69. The summed E-state index contributed by atoms with van der Waals surface area (Å²) in [7, 11) is 1.89. The molecule has 2 heterocycles. The van der Waals surface area contributed by atoms with E-state index in [0.29, 0.717) is 31.0 Å². The number of nitrogens with zero attached hydrogens (tertiary/aromatic N) is 3. The van der Waals surface area contributed by atoms with E-state index in [1.54, 1.807) is 0 Å². The molecule has 1 fully saturated rings. The highest BCUT2D eigenvalue weighted by Crippen LogP contribution is 2.31. The zero-order valence-corrected chi connectivity index (χ0v) is 15.3. The fraction of sp³-hybridized carbons (Fsp3) is 0.471. The third-order valence-electron chi connectivity index (χ3n) is 4.29. The van der Waals surface area contributed by atoms with Crippen LogP contribution in [0.2, 0.25) is 0 Å². The lowest BCUT2D eigenvalue weighted by atomic mass is 10.1. The molecule has 0 aliphatic carbocycles. The SMILES string of the molecule is CCNC(=O)NC1CC(c2nc(-c3ccc(OC(F)(F)F)cc3)no2)N(C)C1. The number of benzene rings is 1. The van der Waals surface area contributed by atoms with Gasteiger partial charge in [-0.3, -0.25) is 4.90 Å². The van der Waals surface area contributed by atoms with Gasteiger partial charge < -0.3 is 19.9 Å². The molecule has 1 aliphatic heterocycles. The Morgan fingerprint density at radius 1 is 1.36 bits per heavy atom. The lowest BCUT2D eigenvalue weighted by Gasteiger charge is -2.14. The van der Waals surface area contributed by atoms with Crippen molar-refractivity contribution >= 4 is 6.03 Å². The molecular formula is C17H20F3N5O3. The quantitative estimate of drug-likeness (QED) is 0.803. The van der Waals surface area contributed by atoms with Gasteiger partial charge in [0.1, 0.15) is 5.75 Å². The van der Waals surface area contributed by atoms with Crippen molar-refractivity contribution in [3.63, 3.8) is 0 Å². The van der Waals surface area contributed by atoms with E-state index in [9.17, 15) is 18.0 Å². The van der Waals surface area contributed by atoms with Gasteiger partial charge in [-0.2, -0.15) is 4.98 Å². The molecule has 2 unspecified atom stereocenters. The van der Waals surface area contributed by atoms with Crippen LogP contribution in [0.5, 0.6) is 5.75 Å². The largest absolute Gasteiger partial charge is 0.573 e. The molecule has 2 amide bonds. The molecule has 2 N–H and O–H groups in total. The fourth-order valence-electron chi connectivity index (χ4n) is 3.08. The number of aromatic nitrogens is 2. The van der Waals surface area contributed by atoms with Crippen LogP contribution >= 0.6 is 0 Å². The summed E-state index contributed by atoms with van der Waals surface area (Å²) in [6.45, 7) is 3.01. The van der Waals surface area contributed by atoms with Gasteiger partial charge in [-0.1, -0.05) is 5.16 Å². The molecule has 0 bridgehead atoms. The number of urea groups is 1. The summed E-state index contributed by atoms with van der Waals surface area (Å²) in [4.78, 5) is 18.0. The van der Waals surface area contributed by atoms with E-state index in [1.165, 1.54) is 24.3 Å². The number of alkyl halides is 3. The molecule has 2 aromatic rings. The van der Waals surface area contributed by atoms with Crippen LogP contribution in [0.1, 0.15) is 25.3 Å². The van der Waals surface area contributed by atoms with E-state index in [1.807, 2.05) is 18.9 Å². The molecule has 28 heavy (non-hydrogen) atoms. The zero-order chi connectivity index (χ0) is 20.3. The maximum atomic E-state index is 12.2. The van der Waals surface area contributed by atoms with Crippen molar-refractivity contribution < 1.29 is 27.2 Å². The fourth-order valence-corrected chi connectivity index (χ4v) is 3.08. The Morgan fingerprint density at radius 2 is 2.07 bits per heavy atom. The first kappa shape index (κ1) is 19.9. The molecule has 1 aliphatic rings. The molecule has 11 heteroatoms. The normalized spacial score (nSPS) is 20.2. The smallest absolute Gasteiger partial charge is 0.406 e. The number of halogens is 3. The summed E-state index contributed by atoms with van der Waals surface area (Å²) in [6.07, 6.45) is -4.14. The van der Waals surface area contributed by atoms with Crippen molar-refractivity contribution in [2.24, 2.45) is 0 Å². The van der Waals surface area contributed by atoms with Crippen molar-refractivity contribution in [1.29, 1.82) is 0 Å². The number of carbonyl (C=O) groups excluding carboxylic acids is 1. The Balaban J connectivity index is 1.66. The van der Waals surface area contributed by atoms with Crippen molar-refractivity contribution in [2.75, 3.05) is 20.1 Å². The van der Waals surface area contributed by atoms with Gasteiger partial charge in [0.2, 0.25) is 11.7 Å². The van der Waals surface area contributed by atoms with Gasteiger partial charge in [0.25, 0.3) is 0 Å². The Kier molecular flexibility index (Phi) is 5.73. The Hall–Kier alpha value is -2.82. The van der Waals surface area contributed by atoms with Gasteiger partial charge in [0.15, 0.2) is 0 Å². The number of nitrogens with one attached hydrogen (secondary N) is 2. The number of carbonyl (C=O) groups is 1. The first-order valence-corrected chi connectivity index (χ1v) is 8.69. The van der Waals surface area contributed by atoms with E-state index < -0.39 is 6.36 Å². The van der Waals surface area contributed by atoms with Gasteiger partial charge in [-0.05, 0) is 44.7 Å². The molecule has 0 radical (unpaired) electrons. The van der Waals surface area contributed by atoms with Crippen LogP contribution in [0.25, 0.3) is 11.4 Å². The number of rotatable bonds is 5. The third kappa shape index (κ3) is 4.91. The van der Waals surface area contributed by atoms with Crippen LogP contribution in [0, 0.1) is 0 Å². The summed E-state index contributed by atoms with van der Waals surface area (Å²) in [5.41, 5.74) is 0.502. The minimum Gasteiger partial charge on any atom is -0.406 e. The number of likely N-dealkylation sites (tertiary alicyclic amines) is 1. The van der Waals surface area contributed by atoms with Crippen molar-refractivity contribution in [1.82, 2.24) is 25.7 Å². The topological polar surface area (TPSA) is 92.5 Å². The van der Waals surface area contributed by atoms with Crippen LogP contribution < -0.4 is 15.4 Å². The number of ether oxygens (including phenoxy) is 1. The molecule has 0 spiro atoms. The highest BCUT2D eigenvalue weighted by Gasteiger charge is 2.35. The van der Waals surface area contributed by atoms with Gasteiger partial charge in [0, 0.05) is 24.7 Å². The van der Waals surface area contributed by atoms with Gasteiger partial charge >= 0.3 is 12.4 Å². The van der Waals surface area contributed by atoms with E-state index in [4.69, 9.17) is 4.52 Å². The van der Waals surface area contributed by atoms with E-state index >= 15 is 0 Å². The average molecular weight is 399 g/mol.